The molecule has 6 N–H and O–H groups in total. The number of phenols is 2. The lowest BCUT2D eigenvalue weighted by Crippen LogP contribution is -2.32. The summed E-state index contributed by atoms with van der Waals surface area (Å²) in [5, 5.41) is 30.9. The highest BCUT2D eigenvalue weighted by Gasteiger charge is 2.54. The Morgan fingerprint density at radius 2 is 1.60 bits per heavy atom. The fraction of sp³-hybridized carbons (Fsp3) is 0.289. The number of anilines is 2. The van der Waals surface area contributed by atoms with E-state index in [4.69, 9.17) is 27.4 Å². The number of benzene rings is 4. The summed E-state index contributed by atoms with van der Waals surface area (Å²) >= 11 is 5.55. The van der Waals surface area contributed by atoms with E-state index in [2.05, 4.69) is 20.7 Å². The van der Waals surface area contributed by atoms with Crippen LogP contribution >= 0.6 is 12.2 Å². The maximum absolute atomic E-state index is 14.1. The molecule has 4 aliphatic rings. The van der Waals surface area contributed by atoms with Gasteiger partial charge < -0.3 is 36.1 Å². The zero-order chi connectivity index (χ0) is 43.9. The lowest BCUT2D eigenvalue weighted by molar-refractivity contribution is -0.141. The molecule has 4 aromatic carbocycles. The van der Waals surface area contributed by atoms with Crippen LogP contribution in [0, 0.1) is 11.3 Å². The number of primary amides is 1. The van der Waals surface area contributed by atoms with Crippen molar-refractivity contribution in [3.05, 3.63) is 118 Å². The molecule has 318 valence electrons. The van der Waals surface area contributed by atoms with Crippen LogP contribution in [0.5, 0.6) is 23.0 Å². The number of aromatic hydroxyl groups is 2. The molecule has 9 rings (SSSR count). The number of hydrogen-bond acceptors (Lipinski definition) is 10. The number of thiocarbonyl (C=S) groups is 1. The summed E-state index contributed by atoms with van der Waals surface area (Å²) in [4.78, 5) is 43.5. The van der Waals surface area contributed by atoms with Crippen LogP contribution in [0.25, 0.3) is 5.69 Å². The van der Waals surface area contributed by atoms with Crippen LogP contribution in [0.2, 0.25) is 0 Å². The Kier molecular flexibility index (Phi) is 9.65. The van der Waals surface area contributed by atoms with Crippen molar-refractivity contribution in [3.63, 3.8) is 0 Å². The molecule has 0 bridgehead atoms. The number of halogens is 3. The molecule has 17 heteroatoms. The number of hydrogen-bond donors (Lipinski definition) is 5. The fourth-order valence-corrected chi connectivity index (χ4v) is 9.28. The smallest absolute Gasteiger partial charge is 0.435 e. The van der Waals surface area contributed by atoms with Crippen LogP contribution in [0.15, 0.2) is 77.8 Å². The van der Waals surface area contributed by atoms with Crippen molar-refractivity contribution >= 4 is 52.6 Å². The van der Waals surface area contributed by atoms with Crippen molar-refractivity contribution < 1.29 is 47.2 Å². The first kappa shape index (κ1) is 40.6. The second-order valence-electron chi connectivity index (χ2n) is 16.9. The van der Waals surface area contributed by atoms with Crippen LogP contribution in [0.1, 0.15) is 105 Å². The molecule has 13 nitrogen and oxygen atoms in total. The topological polar surface area (TPSA) is 190 Å². The molecular formula is C45H39F3N6O7S. The largest absolute Gasteiger partial charge is 0.508 e. The van der Waals surface area contributed by atoms with E-state index in [1.165, 1.54) is 36.4 Å². The molecule has 0 unspecified atom stereocenters. The molecule has 5 aromatic rings. The number of rotatable bonds is 6. The van der Waals surface area contributed by atoms with Gasteiger partial charge in [-0.05, 0) is 110 Å². The number of aromatic nitrogens is 2. The van der Waals surface area contributed by atoms with Gasteiger partial charge >= 0.3 is 12.1 Å². The van der Waals surface area contributed by atoms with Gasteiger partial charge in [0.1, 0.15) is 23.0 Å². The Morgan fingerprint density at radius 3 is 2.24 bits per heavy atom. The number of amides is 1. The lowest BCUT2D eigenvalue weighted by atomic mass is 9.75. The summed E-state index contributed by atoms with van der Waals surface area (Å²) in [6.07, 6.45) is -0.127. The van der Waals surface area contributed by atoms with E-state index < -0.39 is 46.1 Å². The number of nitrogens with two attached hydrogens (primary N) is 1. The van der Waals surface area contributed by atoms with Crippen molar-refractivity contribution in [1.82, 2.24) is 9.78 Å². The van der Waals surface area contributed by atoms with Crippen LogP contribution < -0.4 is 21.1 Å². The lowest BCUT2D eigenvalue weighted by Gasteiger charge is -2.36. The second-order valence-corrected chi connectivity index (χ2v) is 17.3. The fourth-order valence-electron chi connectivity index (χ4n) is 9.10. The van der Waals surface area contributed by atoms with Gasteiger partial charge in [0, 0.05) is 58.9 Å². The van der Waals surface area contributed by atoms with Gasteiger partial charge in [0.2, 0.25) is 0 Å². The highest BCUT2D eigenvalue weighted by atomic mass is 32.1. The Morgan fingerprint density at radius 1 is 0.935 bits per heavy atom. The van der Waals surface area contributed by atoms with Crippen LogP contribution in [-0.4, -0.2) is 55.0 Å². The molecule has 0 atom stereocenters. The first-order valence-electron chi connectivity index (χ1n) is 19.9. The summed E-state index contributed by atoms with van der Waals surface area (Å²) in [7, 11) is 0. The van der Waals surface area contributed by atoms with Gasteiger partial charge in [-0.15, -0.1) is 0 Å². The predicted octanol–water partition coefficient (Wildman–Crippen LogP) is 8.56. The minimum Gasteiger partial charge on any atom is -0.508 e. The Hall–Kier alpha value is -6.75. The molecule has 0 radical (unpaired) electrons. The van der Waals surface area contributed by atoms with E-state index >= 15 is 0 Å². The number of fused-ring (bicyclic) bond motifs is 7. The van der Waals surface area contributed by atoms with Crippen LogP contribution in [-0.2, 0) is 22.9 Å². The average Bonchev–Trinajstić information content (AvgIpc) is 3.72. The van der Waals surface area contributed by atoms with Gasteiger partial charge in [-0.25, -0.2) is 14.5 Å². The van der Waals surface area contributed by atoms with Gasteiger partial charge in [0.25, 0.3) is 5.91 Å². The van der Waals surface area contributed by atoms with Crippen molar-refractivity contribution in [1.29, 1.82) is 0 Å². The normalized spacial score (nSPS) is 19.5. The number of carbonyl (C=O) groups excluding carboxylic acids is 3. The Balaban J connectivity index is 0.881. The van der Waals surface area contributed by atoms with Gasteiger partial charge in [0.15, 0.2) is 22.2 Å². The Bertz CT molecular complexity index is 2720. The molecule has 1 fully saturated rings. The van der Waals surface area contributed by atoms with Gasteiger partial charge in [-0.1, -0.05) is 19.9 Å². The van der Waals surface area contributed by atoms with Gasteiger partial charge in [0.05, 0.1) is 28.1 Å². The molecule has 62 heavy (non-hydrogen) atoms. The third-order valence-corrected chi connectivity index (χ3v) is 12.1. The van der Waals surface area contributed by atoms with Gasteiger partial charge in [-0.2, -0.15) is 18.3 Å². The first-order valence-corrected chi connectivity index (χ1v) is 20.3. The number of carbonyl (C=O) groups is 3. The molecule has 1 spiro atoms. The number of ether oxygens (including phenoxy) is 2. The summed E-state index contributed by atoms with van der Waals surface area (Å²) in [5.74, 6) is -1.39. The maximum atomic E-state index is 14.1. The SMILES string of the molecule is CC1(C)CC(=O)c2c(C(F)(F)F)nn(-c3ccc(C(N)=O)c(NC4CCC(/C=N/C(=S)Nc5ccc6c(c5)C(=O)OC65c6ccc(O)cc6Oc6cc(O)ccc65)CC4)c3)c2C1. The molecular weight excluding hydrogens is 826 g/mol. The zero-order valence-electron chi connectivity index (χ0n) is 33.3. The number of phenolic OH excluding ortho intramolecular Hbond substituents is 2. The summed E-state index contributed by atoms with van der Waals surface area (Å²) in [6.45, 7) is 3.65. The predicted molar refractivity (Wildman–Crippen MR) is 226 cm³/mol. The quantitative estimate of drug-likeness (QED) is 0.0625. The molecule has 2 aliphatic carbocycles. The van der Waals surface area contributed by atoms with Crippen molar-refractivity contribution in [2.75, 3.05) is 10.6 Å². The number of alkyl halides is 3. The minimum atomic E-state index is -4.84. The number of esters is 1. The number of nitrogens with one attached hydrogen (secondary N) is 2. The maximum Gasteiger partial charge on any atom is 0.435 e. The molecule has 1 saturated carbocycles. The number of nitrogens with zero attached hydrogens (tertiary/aromatic N) is 3. The van der Waals surface area contributed by atoms with E-state index in [0.29, 0.717) is 53.7 Å². The highest BCUT2D eigenvalue weighted by molar-refractivity contribution is 7.80. The highest BCUT2D eigenvalue weighted by Crippen LogP contribution is 2.57. The summed E-state index contributed by atoms with van der Waals surface area (Å²) in [5.41, 5.74) is 5.41. The van der Waals surface area contributed by atoms with Crippen molar-refractivity contribution in [3.8, 4) is 28.7 Å². The van der Waals surface area contributed by atoms with E-state index in [9.17, 15) is 37.8 Å². The van der Waals surface area contributed by atoms with E-state index in [0.717, 1.165) is 4.68 Å². The van der Waals surface area contributed by atoms with Crippen LogP contribution in [0.3, 0.4) is 0 Å². The average molecular weight is 865 g/mol. The van der Waals surface area contributed by atoms with E-state index in [-0.39, 0.29) is 75.4 Å². The second kappa shape index (κ2) is 14.7. The molecule has 1 amide bonds. The third-order valence-electron chi connectivity index (χ3n) is 11.9. The van der Waals surface area contributed by atoms with E-state index in [1.54, 1.807) is 42.6 Å². The molecule has 3 heterocycles. The number of ketones is 1. The number of Topliss-reactive ketones (excluding diaryl/α,β-unsaturated/α-hetero) is 1. The Labute approximate surface area is 357 Å². The number of aliphatic imine (C=N–C) groups is 1. The van der Waals surface area contributed by atoms with E-state index in [1.807, 2.05) is 13.8 Å². The van der Waals surface area contributed by atoms with Gasteiger partial charge in [-0.3, -0.25) is 9.59 Å². The minimum absolute atomic E-state index is 0.0311. The third kappa shape index (κ3) is 7.08. The first-order chi connectivity index (χ1) is 29.4. The molecule has 0 saturated heterocycles. The van der Waals surface area contributed by atoms with Crippen molar-refractivity contribution in [2.45, 2.75) is 70.2 Å². The van der Waals surface area contributed by atoms with Crippen molar-refractivity contribution in [2.24, 2.45) is 22.1 Å². The zero-order valence-corrected chi connectivity index (χ0v) is 34.1. The molecule has 2 aliphatic heterocycles. The summed E-state index contributed by atoms with van der Waals surface area (Å²) < 4.78 is 55.7. The summed E-state index contributed by atoms with van der Waals surface area (Å²) in [6, 6.07) is 18.6. The monoisotopic (exact) mass is 864 g/mol. The van der Waals surface area contributed by atoms with Crippen LogP contribution in [0.4, 0.5) is 24.5 Å². The molecule has 1 aromatic heterocycles. The standard InChI is InChI=1S/C45H39F3N6O7S/c1-43(2)19-34-38(35(57)20-43)39(45(46,47)48)53-54(34)25-8-11-28(40(49)58)33(16-25)51-23-5-3-22(4-6-23)21-50-42(62)52-24-7-12-30-29(15-24)41(59)61-44(30)31-13-9-26(55)17-36(31)60-37-18-27(56)10-14-32(37)44/h7-18,21-23,51,55-56H,3-6,19-20H2,1-2H3,(H2,49,58)(H,52,62)/b50-21+.